The van der Waals surface area contributed by atoms with E-state index in [0.29, 0.717) is 12.5 Å². The molecule has 0 aromatic carbocycles. The van der Waals surface area contributed by atoms with Crippen molar-refractivity contribution in [2.75, 3.05) is 13.1 Å². The Balaban J connectivity index is 0.000000270. The van der Waals surface area contributed by atoms with Gasteiger partial charge in [0, 0.05) is 12.5 Å². The first-order valence-electron chi connectivity index (χ1n) is 8.02. The van der Waals surface area contributed by atoms with Crippen molar-refractivity contribution >= 4 is 12.4 Å². The summed E-state index contributed by atoms with van der Waals surface area (Å²) in [5.41, 5.74) is -0.318. The second-order valence-corrected chi connectivity index (χ2v) is 6.90. The lowest BCUT2D eigenvalue weighted by Gasteiger charge is -2.23. The molecule has 5 nitrogen and oxygen atoms in total. The predicted molar refractivity (Wildman–Crippen MR) is 82.9 cm³/mol. The summed E-state index contributed by atoms with van der Waals surface area (Å²) in [6.07, 6.45) is 6.73. The summed E-state index contributed by atoms with van der Waals surface area (Å²) in [7, 11) is 0. The van der Waals surface area contributed by atoms with Crippen molar-refractivity contribution in [1.82, 2.24) is 10.6 Å². The molecule has 1 heterocycles. The highest BCUT2D eigenvalue weighted by atomic mass is 16.5. The number of hydrogen-bond acceptors (Lipinski definition) is 4. The Morgan fingerprint density at radius 1 is 1.24 bits per heavy atom. The fourth-order valence-electron chi connectivity index (χ4n) is 2.15. The molecule has 0 spiro atoms. The van der Waals surface area contributed by atoms with E-state index in [9.17, 15) is 9.59 Å². The van der Waals surface area contributed by atoms with Crippen LogP contribution in [-0.4, -0.2) is 37.1 Å². The van der Waals surface area contributed by atoms with Crippen LogP contribution in [0.2, 0.25) is 0 Å². The molecule has 1 saturated heterocycles. The van der Waals surface area contributed by atoms with E-state index in [4.69, 9.17) is 0 Å². The van der Waals surface area contributed by atoms with Crippen molar-refractivity contribution in [1.29, 1.82) is 0 Å². The number of rotatable bonds is 5. The Kier molecular flexibility index (Phi) is 7.72. The fourth-order valence-corrected chi connectivity index (χ4v) is 2.15. The van der Waals surface area contributed by atoms with Gasteiger partial charge in [0.1, 0.15) is 5.60 Å². The van der Waals surface area contributed by atoms with Crippen LogP contribution < -0.4 is 10.6 Å². The first-order chi connectivity index (χ1) is 9.90. The minimum Gasteiger partial charge on any atom is -0.462 e. The first kappa shape index (κ1) is 18.0. The van der Waals surface area contributed by atoms with Gasteiger partial charge in [-0.15, -0.1) is 0 Å². The molecule has 2 aliphatic rings. The second kappa shape index (κ2) is 9.03. The van der Waals surface area contributed by atoms with E-state index in [2.05, 4.69) is 15.4 Å². The summed E-state index contributed by atoms with van der Waals surface area (Å²) in [5, 5.41) is 6.42. The molecule has 0 atom stereocenters. The Hall–Kier alpha value is -1.10. The third kappa shape index (κ3) is 10.3. The predicted octanol–water partition coefficient (Wildman–Crippen LogP) is 2.00. The number of piperidine rings is 1. The van der Waals surface area contributed by atoms with E-state index in [1.807, 2.05) is 20.8 Å². The van der Waals surface area contributed by atoms with Gasteiger partial charge in [-0.1, -0.05) is 12.8 Å². The third-order valence-electron chi connectivity index (χ3n) is 3.58. The largest absolute Gasteiger partial charge is 0.462 e. The highest BCUT2D eigenvalue weighted by Gasteiger charge is 2.22. The Bertz CT molecular complexity index is 316. The zero-order chi connectivity index (χ0) is 15.7. The van der Waals surface area contributed by atoms with Gasteiger partial charge in [0.25, 0.3) is 6.47 Å². The van der Waals surface area contributed by atoms with E-state index in [1.165, 1.54) is 12.8 Å². The average molecular weight is 298 g/mol. The Morgan fingerprint density at radius 2 is 1.86 bits per heavy atom. The van der Waals surface area contributed by atoms with Gasteiger partial charge in [0.15, 0.2) is 0 Å². The Morgan fingerprint density at radius 3 is 2.29 bits per heavy atom. The molecular formula is C16H30N2O3. The molecule has 1 amide bonds. The van der Waals surface area contributed by atoms with Gasteiger partial charge in [-0.2, -0.15) is 0 Å². The van der Waals surface area contributed by atoms with E-state index in [1.54, 1.807) is 0 Å². The van der Waals surface area contributed by atoms with Crippen LogP contribution in [0.3, 0.4) is 0 Å². The summed E-state index contributed by atoms with van der Waals surface area (Å²) in [6, 6.07) is 0.433. The van der Waals surface area contributed by atoms with Crippen molar-refractivity contribution in [3.05, 3.63) is 0 Å². The lowest BCUT2D eigenvalue weighted by atomic mass is 10.1. The van der Waals surface area contributed by atoms with Gasteiger partial charge in [-0.25, -0.2) is 0 Å². The molecule has 2 fully saturated rings. The minimum absolute atomic E-state index is 0.267. The third-order valence-corrected chi connectivity index (χ3v) is 3.58. The first-order valence-corrected chi connectivity index (χ1v) is 8.02. The molecule has 5 heteroatoms. The van der Waals surface area contributed by atoms with Gasteiger partial charge in [0.2, 0.25) is 5.91 Å². The van der Waals surface area contributed by atoms with Gasteiger partial charge in [0.05, 0.1) is 0 Å². The van der Waals surface area contributed by atoms with E-state index in [-0.39, 0.29) is 11.5 Å². The summed E-state index contributed by atoms with van der Waals surface area (Å²) in [4.78, 5) is 21.1. The van der Waals surface area contributed by atoms with Crippen molar-refractivity contribution in [2.45, 2.75) is 70.9 Å². The van der Waals surface area contributed by atoms with Crippen LogP contribution in [0.4, 0.5) is 0 Å². The molecule has 21 heavy (non-hydrogen) atoms. The van der Waals surface area contributed by atoms with Crippen LogP contribution >= 0.6 is 0 Å². The number of ether oxygens (including phenoxy) is 1. The topological polar surface area (TPSA) is 67.4 Å². The van der Waals surface area contributed by atoms with E-state index in [0.717, 1.165) is 44.7 Å². The molecule has 0 bridgehead atoms. The summed E-state index contributed by atoms with van der Waals surface area (Å²) in [5.74, 6) is 1.14. The van der Waals surface area contributed by atoms with Gasteiger partial charge < -0.3 is 15.4 Å². The summed E-state index contributed by atoms with van der Waals surface area (Å²) >= 11 is 0. The summed E-state index contributed by atoms with van der Waals surface area (Å²) in [6.45, 7) is 8.02. The van der Waals surface area contributed by atoms with Crippen LogP contribution in [-0.2, 0) is 14.3 Å². The standard InChI is InChI=1S/C11H20N2O.C5H10O2/c14-11(4-3-9-1-2-9)13-10-5-7-12-8-6-10;1-5(2,3)7-4-6/h9-10,12H,1-8H2,(H,13,14);4H,1-3H3. The van der Waals surface area contributed by atoms with Crippen molar-refractivity contribution in [2.24, 2.45) is 5.92 Å². The average Bonchev–Trinajstić information content (AvgIpc) is 3.21. The molecule has 1 aliphatic heterocycles. The molecular weight excluding hydrogens is 268 g/mol. The zero-order valence-corrected chi connectivity index (χ0v) is 13.6. The highest BCUT2D eigenvalue weighted by Crippen LogP contribution is 2.33. The number of hydrogen-bond donors (Lipinski definition) is 2. The zero-order valence-electron chi connectivity index (χ0n) is 13.6. The monoisotopic (exact) mass is 298 g/mol. The molecule has 1 aliphatic carbocycles. The highest BCUT2D eigenvalue weighted by molar-refractivity contribution is 5.76. The minimum atomic E-state index is -0.318. The van der Waals surface area contributed by atoms with Crippen molar-refractivity contribution in [3.63, 3.8) is 0 Å². The van der Waals surface area contributed by atoms with Crippen molar-refractivity contribution in [3.8, 4) is 0 Å². The number of nitrogens with one attached hydrogen (secondary N) is 2. The van der Waals surface area contributed by atoms with Crippen molar-refractivity contribution < 1.29 is 14.3 Å². The maximum Gasteiger partial charge on any atom is 0.293 e. The molecule has 0 unspecified atom stereocenters. The summed E-state index contributed by atoms with van der Waals surface area (Å²) < 4.78 is 4.55. The van der Waals surface area contributed by atoms with Gasteiger partial charge in [-0.05, 0) is 59.0 Å². The van der Waals surface area contributed by atoms with Crippen LogP contribution in [0.25, 0.3) is 0 Å². The fraction of sp³-hybridized carbons (Fsp3) is 0.875. The quantitative estimate of drug-likeness (QED) is 0.762. The van der Waals surface area contributed by atoms with Crippen LogP contribution in [0.1, 0.15) is 59.3 Å². The van der Waals surface area contributed by atoms with E-state index >= 15 is 0 Å². The molecule has 0 aromatic heterocycles. The molecule has 2 N–H and O–H groups in total. The van der Waals surface area contributed by atoms with Gasteiger partial charge in [-0.3, -0.25) is 9.59 Å². The SMILES string of the molecule is CC(C)(C)OC=O.O=C(CCC1CC1)NC1CCNCC1. The van der Waals surface area contributed by atoms with Crippen LogP contribution in [0, 0.1) is 5.92 Å². The molecule has 0 radical (unpaired) electrons. The Labute approximate surface area is 128 Å². The molecule has 122 valence electrons. The normalized spacial score (nSPS) is 19.2. The number of amides is 1. The maximum absolute atomic E-state index is 11.5. The van der Waals surface area contributed by atoms with Crippen LogP contribution in [0.15, 0.2) is 0 Å². The van der Waals surface area contributed by atoms with Gasteiger partial charge >= 0.3 is 0 Å². The maximum atomic E-state index is 11.5. The lowest BCUT2D eigenvalue weighted by Crippen LogP contribution is -2.42. The smallest absolute Gasteiger partial charge is 0.293 e. The number of carbonyl (C=O) groups is 2. The second-order valence-electron chi connectivity index (χ2n) is 6.90. The molecule has 2 rings (SSSR count). The lowest BCUT2D eigenvalue weighted by molar-refractivity contribution is -0.138. The number of carbonyl (C=O) groups excluding carboxylic acids is 2. The van der Waals surface area contributed by atoms with E-state index < -0.39 is 0 Å². The molecule has 0 aromatic rings. The van der Waals surface area contributed by atoms with Crippen LogP contribution in [0.5, 0.6) is 0 Å². The molecule has 1 saturated carbocycles.